The maximum absolute atomic E-state index is 9.87. The van der Waals surface area contributed by atoms with E-state index in [2.05, 4.69) is 20.8 Å². The molecule has 0 radical (unpaired) electrons. The van der Waals surface area contributed by atoms with E-state index in [0.29, 0.717) is 19.3 Å². The second-order valence-electron chi connectivity index (χ2n) is 7.05. The summed E-state index contributed by atoms with van der Waals surface area (Å²) in [7, 11) is 0. The molecule has 0 unspecified atom stereocenters. The molecular formula is C22H46O10. The highest BCUT2D eigenvalue weighted by Gasteiger charge is 2.12. The van der Waals surface area contributed by atoms with Gasteiger partial charge in [0.2, 0.25) is 0 Å². The first-order valence-electron chi connectivity index (χ1n) is 11.3. The summed E-state index contributed by atoms with van der Waals surface area (Å²) in [6, 6.07) is 0. The average Bonchev–Trinajstić information content (AvgIpc) is 2.74. The molecule has 0 saturated carbocycles. The number of rotatable bonds is 15. The van der Waals surface area contributed by atoms with Crippen LogP contribution in [0.15, 0.2) is 0 Å². The maximum atomic E-state index is 9.87. The van der Waals surface area contributed by atoms with Gasteiger partial charge in [0.15, 0.2) is 0 Å². The van der Waals surface area contributed by atoms with Gasteiger partial charge in [-0.05, 0) is 19.3 Å². The van der Waals surface area contributed by atoms with Crippen LogP contribution in [0.1, 0.15) is 97.8 Å². The SMILES string of the molecule is CCCCCC(=O)O.CCCCCC(=O)O.CCCCCC(=O)O.OC[C@@H](O)[C@@H](O)CO. The Morgan fingerprint density at radius 1 is 0.531 bits per heavy atom. The van der Waals surface area contributed by atoms with Gasteiger partial charge in [-0.2, -0.15) is 0 Å². The van der Waals surface area contributed by atoms with Crippen molar-refractivity contribution in [3.63, 3.8) is 0 Å². The smallest absolute Gasteiger partial charge is 0.303 e. The third-order valence-electron chi connectivity index (χ3n) is 3.80. The average molecular weight is 471 g/mol. The van der Waals surface area contributed by atoms with E-state index in [1.807, 2.05) is 0 Å². The molecule has 0 heterocycles. The second-order valence-corrected chi connectivity index (χ2v) is 7.05. The molecule has 0 rings (SSSR count). The molecule has 0 fully saturated rings. The van der Waals surface area contributed by atoms with Gasteiger partial charge in [-0.25, -0.2) is 0 Å². The molecule has 0 aliphatic rings. The number of aliphatic hydroxyl groups is 4. The molecule has 0 spiro atoms. The largest absolute Gasteiger partial charge is 0.481 e. The Morgan fingerprint density at radius 2 is 0.750 bits per heavy atom. The standard InChI is InChI=1S/3C6H12O2.C4H10O4/c3*1-2-3-4-5-6(7)8;5-1-3(7)4(8)2-6/h3*2-5H2,1H3,(H,7,8);3-8H,1-2H2/t;;;3-,4+. The molecule has 0 aliphatic heterocycles. The van der Waals surface area contributed by atoms with Gasteiger partial charge in [-0.3, -0.25) is 14.4 Å². The molecule has 7 N–H and O–H groups in total. The van der Waals surface area contributed by atoms with Crippen molar-refractivity contribution in [3.8, 4) is 0 Å². The number of aliphatic carboxylic acids is 3. The van der Waals surface area contributed by atoms with E-state index in [0.717, 1.165) is 57.8 Å². The lowest BCUT2D eigenvalue weighted by Gasteiger charge is -2.10. The van der Waals surface area contributed by atoms with Crippen LogP contribution in [0.2, 0.25) is 0 Å². The summed E-state index contributed by atoms with van der Waals surface area (Å²) >= 11 is 0. The van der Waals surface area contributed by atoms with E-state index < -0.39 is 43.3 Å². The number of carboxylic acid groups (broad SMARTS) is 3. The minimum Gasteiger partial charge on any atom is -0.481 e. The maximum Gasteiger partial charge on any atom is 0.303 e. The zero-order valence-corrected chi connectivity index (χ0v) is 19.9. The van der Waals surface area contributed by atoms with Gasteiger partial charge in [0.05, 0.1) is 13.2 Å². The fourth-order valence-electron chi connectivity index (χ4n) is 1.82. The Kier molecular flexibility index (Phi) is 36.9. The second kappa shape index (κ2) is 31.4. The van der Waals surface area contributed by atoms with E-state index in [4.69, 9.17) is 35.7 Å². The Labute approximate surface area is 191 Å². The summed E-state index contributed by atoms with van der Waals surface area (Å²) in [5.74, 6) is -2.05. The van der Waals surface area contributed by atoms with Gasteiger partial charge in [0, 0.05) is 19.3 Å². The van der Waals surface area contributed by atoms with Crippen LogP contribution in [0.25, 0.3) is 0 Å². The van der Waals surface area contributed by atoms with Gasteiger partial charge in [-0.15, -0.1) is 0 Å². The Morgan fingerprint density at radius 3 is 0.875 bits per heavy atom. The number of aliphatic hydroxyl groups excluding tert-OH is 4. The van der Waals surface area contributed by atoms with Crippen molar-refractivity contribution >= 4 is 17.9 Å². The van der Waals surface area contributed by atoms with Crippen LogP contribution in [0, 0.1) is 0 Å². The molecule has 0 saturated heterocycles. The van der Waals surface area contributed by atoms with Crippen LogP contribution in [0.3, 0.4) is 0 Å². The predicted molar refractivity (Wildman–Crippen MR) is 122 cm³/mol. The topological polar surface area (TPSA) is 193 Å². The lowest BCUT2D eigenvalue weighted by atomic mass is 10.2. The lowest BCUT2D eigenvalue weighted by molar-refractivity contribution is -0.138. The van der Waals surface area contributed by atoms with Gasteiger partial charge in [-0.1, -0.05) is 59.3 Å². The molecular weight excluding hydrogens is 424 g/mol. The van der Waals surface area contributed by atoms with E-state index >= 15 is 0 Å². The van der Waals surface area contributed by atoms with Crippen molar-refractivity contribution in [3.05, 3.63) is 0 Å². The molecule has 0 aromatic heterocycles. The Hall–Kier alpha value is -1.75. The van der Waals surface area contributed by atoms with Crippen LogP contribution < -0.4 is 0 Å². The first-order chi connectivity index (χ1) is 15.0. The monoisotopic (exact) mass is 470 g/mol. The summed E-state index contributed by atoms with van der Waals surface area (Å²) in [5.41, 5.74) is 0. The minimum absolute atomic E-state index is 0.327. The lowest BCUT2D eigenvalue weighted by Crippen LogP contribution is -2.31. The predicted octanol–water partition coefficient (Wildman–Crippen LogP) is 2.65. The zero-order valence-electron chi connectivity index (χ0n) is 19.9. The van der Waals surface area contributed by atoms with Gasteiger partial charge < -0.3 is 35.7 Å². The first-order valence-corrected chi connectivity index (χ1v) is 11.3. The fourth-order valence-corrected chi connectivity index (χ4v) is 1.82. The van der Waals surface area contributed by atoms with Crippen LogP contribution in [0.5, 0.6) is 0 Å². The minimum atomic E-state index is -1.22. The van der Waals surface area contributed by atoms with Crippen LogP contribution >= 0.6 is 0 Å². The fraction of sp³-hybridized carbons (Fsp3) is 0.864. The summed E-state index contributed by atoms with van der Waals surface area (Å²) in [6.07, 6.45) is 7.39. The molecule has 2 atom stereocenters. The highest BCUT2D eigenvalue weighted by Crippen LogP contribution is 1.98. The van der Waals surface area contributed by atoms with Gasteiger partial charge >= 0.3 is 17.9 Å². The molecule has 194 valence electrons. The zero-order chi connectivity index (χ0) is 25.8. The number of hydrogen-bond acceptors (Lipinski definition) is 7. The number of unbranched alkanes of at least 4 members (excludes halogenated alkanes) is 6. The first kappa shape index (κ1) is 37.6. The van der Waals surface area contributed by atoms with Gasteiger partial charge in [0.25, 0.3) is 0 Å². The highest BCUT2D eigenvalue weighted by atomic mass is 16.4. The highest BCUT2D eigenvalue weighted by molar-refractivity contribution is 5.67. The van der Waals surface area contributed by atoms with E-state index in [1.165, 1.54) is 0 Å². The van der Waals surface area contributed by atoms with Crippen LogP contribution in [-0.2, 0) is 14.4 Å². The summed E-state index contributed by atoms with van der Waals surface area (Å²) in [4.78, 5) is 29.6. The molecule has 0 aromatic carbocycles. The van der Waals surface area contributed by atoms with Crippen molar-refractivity contribution in [1.29, 1.82) is 0 Å². The molecule has 10 nitrogen and oxygen atoms in total. The molecule has 0 aliphatic carbocycles. The normalized spacial score (nSPS) is 11.3. The Balaban J connectivity index is -0.000000163. The van der Waals surface area contributed by atoms with E-state index in [1.54, 1.807) is 0 Å². The molecule has 0 amide bonds. The molecule has 0 bridgehead atoms. The number of carboxylic acids is 3. The summed E-state index contributed by atoms with van der Waals surface area (Å²) in [6.45, 7) is 5.12. The van der Waals surface area contributed by atoms with Crippen molar-refractivity contribution in [2.75, 3.05) is 13.2 Å². The van der Waals surface area contributed by atoms with Crippen molar-refractivity contribution in [1.82, 2.24) is 0 Å². The molecule has 0 aromatic rings. The summed E-state index contributed by atoms with van der Waals surface area (Å²) < 4.78 is 0. The Bertz CT molecular complexity index is 360. The van der Waals surface area contributed by atoms with Crippen molar-refractivity contribution < 1.29 is 50.1 Å². The third-order valence-corrected chi connectivity index (χ3v) is 3.80. The number of hydrogen-bond donors (Lipinski definition) is 7. The van der Waals surface area contributed by atoms with Crippen molar-refractivity contribution in [2.24, 2.45) is 0 Å². The number of carbonyl (C=O) groups is 3. The van der Waals surface area contributed by atoms with Crippen LogP contribution in [-0.4, -0.2) is 79.1 Å². The molecule has 10 heteroatoms. The van der Waals surface area contributed by atoms with Crippen LogP contribution in [0.4, 0.5) is 0 Å². The summed E-state index contributed by atoms with van der Waals surface area (Å²) in [5, 5.41) is 57.6. The van der Waals surface area contributed by atoms with Crippen molar-refractivity contribution in [2.45, 2.75) is 110 Å². The van der Waals surface area contributed by atoms with Gasteiger partial charge in [0.1, 0.15) is 12.2 Å². The van der Waals surface area contributed by atoms with E-state index in [-0.39, 0.29) is 0 Å². The quantitative estimate of drug-likeness (QED) is 0.175. The van der Waals surface area contributed by atoms with E-state index in [9.17, 15) is 14.4 Å². The molecule has 32 heavy (non-hydrogen) atoms. The third kappa shape index (κ3) is 46.5.